The minimum atomic E-state index is -1.02. The van der Waals surface area contributed by atoms with Crippen molar-refractivity contribution in [1.29, 1.82) is 0 Å². The van der Waals surface area contributed by atoms with Gasteiger partial charge in [0.15, 0.2) is 0 Å². The molecule has 0 radical (unpaired) electrons. The number of hydrogen-bond acceptors (Lipinski definition) is 4. The van der Waals surface area contributed by atoms with Gasteiger partial charge in [-0.3, -0.25) is 0 Å². The molecular formula is C30H50O4. The largest absolute Gasteiger partial charge is 0.393 e. The Morgan fingerprint density at radius 1 is 0.971 bits per heavy atom. The number of aliphatic hydroxyl groups is 3. The first-order valence-corrected chi connectivity index (χ1v) is 14.1. The topological polar surface area (TPSA) is 69.9 Å². The number of hydrogen-bond donors (Lipinski definition) is 3. The maximum absolute atomic E-state index is 10.9. The quantitative estimate of drug-likeness (QED) is 0.463. The number of fused-ring (bicyclic) bond motifs is 5. The van der Waals surface area contributed by atoms with Gasteiger partial charge in [0.05, 0.1) is 24.4 Å². The molecule has 3 N–H and O–H groups in total. The van der Waals surface area contributed by atoms with Crippen molar-refractivity contribution in [2.75, 3.05) is 6.61 Å². The van der Waals surface area contributed by atoms with Crippen LogP contribution in [0.25, 0.3) is 0 Å². The lowest BCUT2D eigenvalue weighted by Crippen LogP contribution is -2.58. The highest BCUT2D eigenvalue weighted by Gasteiger charge is 2.65. The molecule has 0 amide bonds. The van der Waals surface area contributed by atoms with Crippen LogP contribution < -0.4 is 0 Å². The fourth-order valence-corrected chi connectivity index (χ4v) is 10.3. The molecule has 4 aliphatic carbocycles. The number of rotatable bonds is 2. The summed E-state index contributed by atoms with van der Waals surface area (Å²) in [4.78, 5) is 0. The van der Waals surface area contributed by atoms with E-state index in [0.29, 0.717) is 30.3 Å². The second-order valence-corrected chi connectivity index (χ2v) is 14.8. The van der Waals surface area contributed by atoms with Gasteiger partial charge in [-0.25, -0.2) is 0 Å². The Balaban J connectivity index is 1.42. The van der Waals surface area contributed by atoms with Crippen LogP contribution in [0.4, 0.5) is 0 Å². The molecule has 4 heteroatoms. The van der Waals surface area contributed by atoms with E-state index in [1.165, 1.54) is 25.7 Å². The minimum absolute atomic E-state index is 0.0263. The van der Waals surface area contributed by atoms with Crippen LogP contribution in [0.5, 0.6) is 0 Å². The van der Waals surface area contributed by atoms with Gasteiger partial charge in [-0.15, -0.1) is 0 Å². The first-order valence-electron chi connectivity index (χ1n) is 14.1. The first kappa shape index (κ1) is 25.2. The van der Waals surface area contributed by atoms with Crippen LogP contribution in [0, 0.1) is 45.3 Å². The predicted molar refractivity (Wildman–Crippen MR) is 135 cm³/mol. The molecular weight excluding hydrogens is 424 g/mol. The van der Waals surface area contributed by atoms with E-state index in [-0.39, 0.29) is 27.8 Å². The molecule has 5 aliphatic rings. The van der Waals surface area contributed by atoms with Crippen molar-refractivity contribution in [3.05, 3.63) is 11.6 Å². The predicted octanol–water partition coefficient (Wildman–Crippen LogP) is 5.49. The standard InChI is InChI=1S/C30H50O4/c1-26(2)23-9-8-21-20(28(23,5)13-12-24(26)32)11-15-29(6)19(10-14-30(21,29)7)18-16-22(31)25(34-17-18)27(3,4)33/h8,18-20,22-25,31-33H,9-17H2,1-7H3/t18-,19+,20+,22-,23+,24+,25-,28-,29+,30-/m1/s1. The third-order valence-electron chi connectivity index (χ3n) is 12.5. The fourth-order valence-electron chi connectivity index (χ4n) is 10.3. The van der Waals surface area contributed by atoms with Gasteiger partial charge >= 0.3 is 0 Å². The summed E-state index contributed by atoms with van der Waals surface area (Å²) in [6.07, 6.45) is 10.2. The van der Waals surface area contributed by atoms with Gasteiger partial charge in [-0.2, -0.15) is 0 Å². The van der Waals surface area contributed by atoms with Crippen molar-refractivity contribution < 1.29 is 20.1 Å². The molecule has 194 valence electrons. The minimum Gasteiger partial charge on any atom is -0.393 e. The molecule has 0 unspecified atom stereocenters. The van der Waals surface area contributed by atoms with Crippen molar-refractivity contribution in [3.63, 3.8) is 0 Å². The van der Waals surface area contributed by atoms with E-state index in [9.17, 15) is 15.3 Å². The summed E-state index contributed by atoms with van der Waals surface area (Å²) in [6, 6.07) is 0. The van der Waals surface area contributed by atoms with Crippen molar-refractivity contribution in [3.8, 4) is 0 Å². The second-order valence-electron chi connectivity index (χ2n) is 14.8. The van der Waals surface area contributed by atoms with Crippen molar-refractivity contribution in [2.24, 2.45) is 45.3 Å². The molecule has 1 aliphatic heterocycles. The molecule has 0 aromatic rings. The molecule has 4 nitrogen and oxygen atoms in total. The summed E-state index contributed by atoms with van der Waals surface area (Å²) < 4.78 is 6.13. The normalized spacial score (nSPS) is 52.9. The van der Waals surface area contributed by atoms with Gasteiger partial charge in [0.1, 0.15) is 6.10 Å². The Hall–Kier alpha value is -0.420. The van der Waals surface area contributed by atoms with E-state index in [1.54, 1.807) is 19.4 Å². The van der Waals surface area contributed by atoms with E-state index in [1.807, 2.05) is 0 Å². The molecule has 1 heterocycles. The van der Waals surface area contributed by atoms with E-state index in [4.69, 9.17) is 4.74 Å². The van der Waals surface area contributed by atoms with Crippen molar-refractivity contribution >= 4 is 0 Å². The van der Waals surface area contributed by atoms with Crippen molar-refractivity contribution in [1.82, 2.24) is 0 Å². The van der Waals surface area contributed by atoms with Gasteiger partial charge in [0, 0.05) is 0 Å². The molecule has 1 saturated heterocycles. The third-order valence-corrected chi connectivity index (χ3v) is 12.5. The van der Waals surface area contributed by atoms with E-state index >= 15 is 0 Å². The zero-order valence-corrected chi connectivity index (χ0v) is 22.7. The Kier molecular flexibility index (Phi) is 5.78. The highest BCUT2D eigenvalue weighted by molar-refractivity contribution is 5.33. The van der Waals surface area contributed by atoms with Crippen LogP contribution in [0.15, 0.2) is 11.6 Å². The lowest BCUT2D eigenvalue weighted by atomic mass is 9.41. The van der Waals surface area contributed by atoms with E-state index in [2.05, 4.69) is 40.7 Å². The lowest BCUT2D eigenvalue weighted by Gasteiger charge is -2.64. The summed E-state index contributed by atoms with van der Waals surface area (Å²) >= 11 is 0. The van der Waals surface area contributed by atoms with Gasteiger partial charge in [0.2, 0.25) is 0 Å². The van der Waals surface area contributed by atoms with Gasteiger partial charge in [-0.05, 0) is 111 Å². The summed E-state index contributed by atoms with van der Waals surface area (Å²) in [7, 11) is 0. The van der Waals surface area contributed by atoms with Gasteiger partial charge < -0.3 is 20.1 Å². The van der Waals surface area contributed by atoms with Crippen LogP contribution >= 0.6 is 0 Å². The van der Waals surface area contributed by atoms with Crippen molar-refractivity contribution in [2.45, 2.75) is 124 Å². The molecule has 10 atom stereocenters. The van der Waals surface area contributed by atoms with Crippen LogP contribution in [0.3, 0.4) is 0 Å². The SMILES string of the molecule is CC(C)(O)[C@@H]1OC[C@H]([C@@H]2CC[C@]3(C)C4=CC[C@H]5C(C)(C)[C@@H](O)CC[C@]5(C)[C@H]4CC[C@@]23C)C[C@H]1O. The Labute approximate surface area is 207 Å². The average Bonchev–Trinajstić information content (AvgIpc) is 3.02. The lowest BCUT2D eigenvalue weighted by molar-refractivity contribution is -0.188. The Morgan fingerprint density at radius 3 is 2.32 bits per heavy atom. The summed E-state index contributed by atoms with van der Waals surface area (Å²) in [5, 5.41) is 32.1. The molecule has 0 aromatic heterocycles. The van der Waals surface area contributed by atoms with E-state index in [0.717, 1.165) is 25.7 Å². The zero-order chi connectivity index (χ0) is 24.9. The van der Waals surface area contributed by atoms with Crippen LogP contribution in [-0.2, 0) is 4.74 Å². The van der Waals surface area contributed by atoms with Crippen LogP contribution in [-0.4, -0.2) is 45.8 Å². The molecule has 34 heavy (non-hydrogen) atoms. The summed E-state index contributed by atoms with van der Waals surface area (Å²) in [5.74, 6) is 2.08. The van der Waals surface area contributed by atoms with Crippen LogP contribution in [0.2, 0.25) is 0 Å². The Bertz CT molecular complexity index is 841. The number of aliphatic hydroxyl groups excluding tert-OH is 2. The molecule has 0 aromatic carbocycles. The summed E-state index contributed by atoms with van der Waals surface area (Å²) in [6.45, 7) is 16.4. The first-order chi connectivity index (χ1) is 15.7. The molecule has 4 fully saturated rings. The van der Waals surface area contributed by atoms with Crippen LogP contribution in [0.1, 0.15) is 99.8 Å². The maximum atomic E-state index is 10.9. The molecule has 0 bridgehead atoms. The third kappa shape index (κ3) is 3.30. The monoisotopic (exact) mass is 474 g/mol. The smallest absolute Gasteiger partial charge is 0.111 e. The van der Waals surface area contributed by atoms with Gasteiger partial charge in [0.25, 0.3) is 0 Å². The second kappa shape index (κ2) is 7.79. The Morgan fingerprint density at radius 2 is 1.68 bits per heavy atom. The highest BCUT2D eigenvalue weighted by atomic mass is 16.5. The molecule has 0 spiro atoms. The van der Waals surface area contributed by atoms with Gasteiger partial charge in [-0.1, -0.05) is 46.3 Å². The van der Waals surface area contributed by atoms with E-state index < -0.39 is 17.8 Å². The molecule has 3 saturated carbocycles. The number of ether oxygens (including phenoxy) is 1. The summed E-state index contributed by atoms with van der Waals surface area (Å²) in [5.41, 5.74) is 1.38. The molecule has 5 rings (SSSR count). The zero-order valence-electron chi connectivity index (χ0n) is 22.7. The average molecular weight is 475 g/mol. The maximum Gasteiger partial charge on any atom is 0.111 e. The fraction of sp³-hybridized carbons (Fsp3) is 0.933. The highest BCUT2D eigenvalue weighted by Crippen LogP contribution is 2.73. The number of allylic oxidation sites excluding steroid dienone is 2.